The second-order valence-electron chi connectivity index (χ2n) is 5.32. The van der Waals surface area contributed by atoms with Gasteiger partial charge in [0.05, 0.1) is 0 Å². The first-order valence-corrected chi connectivity index (χ1v) is 7.05. The summed E-state index contributed by atoms with van der Waals surface area (Å²) in [5.41, 5.74) is 1.04. The quantitative estimate of drug-likeness (QED) is 0.865. The molecule has 0 atom stereocenters. The minimum absolute atomic E-state index is 0.0777. The summed E-state index contributed by atoms with van der Waals surface area (Å²) in [6.45, 7) is 2.74. The Kier molecular flexibility index (Phi) is 3.53. The number of amides is 2. The van der Waals surface area contributed by atoms with Crippen LogP contribution in [0.1, 0.15) is 31.2 Å². The maximum atomic E-state index is 11.5. The van der Waals surface area contributed by atoms with Crippen molar-refractivity contribution in [3.8, 4) is 0 Å². The van der Waals surface area contributed by atoms with E-state index in [4.69, 9.17) is 0 Å². The fourth-order valence-electron chi connectivity index (χ4n) is 2.30. The number of hydrogen-bond acceptors (Lipinski definition) is 3. The molecule has 2 amide bonds. The van der Waals surface area contributed by atoms with Crippen molar-refractivity contribution in [2.75, 3.05) is 18.0 Å². The topological polar surface area (TPSA) is 57.3 Å². The number of anilines is 1. The molecule has 1 saturated heterocycles. The van der Waals surface area contributed by atoms with Crippen molar-refractivity contribution in [3.05, 3.63) is 23.9 Å². The number of carbonyl (C=O) groups is 1. The molecule has 102 valence electrons. The van der Waals surface area contributed by atoms with Crippen molar-refractivity contribution in [3.63, 3.8) is 0 Å². The number of aromatic nitrogens is 1. The van der Waals surface area contributed by atoms with Crippen LogP contribution in [0, 0.1) is 0 Å². The van der Waals surface area contributed by atoms with E-state index in [2.05, 4.69) is 20.5 Å². The number of hydrogen-bond donors (Lipinski definition) is 2. The van der Waals surface area contributed by atoms with Gasteiger partial charge in [-0.2, -0.15) is 0 Å². The van der Waals surface area contributed by atoms with Gasteiger partial charge in [-0.3, -0.25) is 0 Å². The third kappa shape index (κ3) is 3.36. The van der Waals surface area contributed by atoms with Crippen molar-refractivity contribution in [2.45, 2.75) is 38.3 Å². The maximum absolute atomic E-state index is 11.5. The van der Waals surface area contributed by atoms with Crippen molar-refractivity contribution >= 4 is 11.8 Å². The summed E-state index contributed by atoms with van der Waals surface area (Å²) in [6.07, 6.45) is 6.59. The van der Waals surface area contributed by atoms with E-state index in [0.29, 0.717) is 12.6 Å². The SMILES string of the molecule is O=C(NCc1ccc(N2CCCC2)nc1)NC1CC1. The lowest BCUT2D eigenvalue weighted by molar-refractivity contribution is 0.240. The van der Waals surface area contributed by atoms with Gasteiger partial charge in [0.15, 0.2) is 0 Å². The fraction of sp³-hybridized carbons (Fsp3) is 0.571. The molecule has 2 N–H and O–H groups in total. The first-order valence-electron chi connectivity index (χ1n) is 7.05. The van der Waals surface area contributed by atoms with Crippen LogP contribution in [-0.4, -0.2) is 30.1 Å². The molecule has 2 fully saturated rings. The Balaban J connectivity index is 1.49. The van der Waals surface area contributed by atoms with Crippen LogP contribution in [-0.2, 0) is 6.54 Å². The standard InChI is InChI=1S/C14H20N4O/c19-14(17-12-4-5-12)16-10-11-3-6-13(15-9-11)18-7-1-2-8-18/h3,6,9,12H,1-2,4-5,7-8,10H2,(H2,16,17,19). The van der Waals surface area contributed by atoms with Gasteiger partial charge in [-0.15, -0.1) is 0 Å². The molecule has 5 nitrogen and oxygen atoms in total. The second kappa shape index (κ2) is 5.47. The molecule has 2 aliphatic rings. The summed E-state index contributed by atoms with van der Waals surface area (Å²) in [5, 5.41) is 5.76. The largest absolute Gasteiger partial charge is 0.357 e. The average Bonchev–Trinajstić information content (AvgIpc) is 3.07. The van der Waals surface area contributed by atoms with E-state index in [9.17, 15) is 4.79 Å². The van der Waals surface area contributed by atoms with Crippen LogP contribution in [0.3, 0.4) is 0 Å². The van der Waals surface area contributed by atoms with Gasteiger partial charge in [0.25, 0.3) is 0 Å². The van der Waals surface area contributed by atoms with E-state index in [1.807, 2.05) is 18.3 Å². The molecule has 1 aliphatic carbocycles. The van der Waals surface area contributed by atoms with Gasteiger partial charge in [0.1, 0.15) is 5.82 Å². The summed E-state index contributed by atoms with van der Waals surface area (Å²) in [4.78, 5) is 18.3. The summed E-state index contributed by atoms with van der Waals surface area (Å²) < 4.78 is 0. The third-order valence-corrected chi connectivity index (χ3v) is 3.60. The Bertz CT molecular complexity index is 435. The molecule has 1 aromatic heterocycles. The molecule has 19 heavy (non-hydrogen) atoms. The van der Waals surface area contributed by atoms with E-state index in [-0.39, 0.29) is 6.03 Å². The van der Waals surface area contributed by atoms with Crippen LogP contribution < -0.4 is 15.5 Å². The van der Waals surface area contributed by atoms with Crippen molar-refractivity contribution in [2.24, 2.45) is 0 Å². The number of pyridine rings is 1. The summed E-state index contributed by atoms with van der Waals surface area (Å²) >= 11 is 0. The monoisotopic (exact) mass is 260 g/mol. The van der Waals surface area contributed by atoms with Gasteiger partial charge in [-0.1, -0.05) is 6.07 Å². The third-order valence-electron chi connectivity index (χ3n) is 3.60. The maximum Gasteiger partial charge on any atom is 0.315 e. The summed E-state index contributed by atoms with van der Waals surface area (Å²) in [6, 6.07) is 4.40. The molecule has 3 rings (SSSR count). The molecule has 2 heterocycles. The van der Waals surface area contributed by atoms with E-state index in [0.717, 1.165) is 37.3 Å². The van der Waals surface area contributed by atoms with Crippen LogP contribution in [0.2, 0.25) is 0 Å². The van der Waals surface area contributed by atoms with Crippen molar-refractivity contribution in [1.29, 1.82) is 0 Å². The number of nitrogens with zero attached hydrogens (tertiary/aromatic N) is 2. The number of rotatable bonds is 4. The van der Waals surface area contributed by atoms with E-state index in [1.54, 1.807) is 0 Å². The minimum atomic E-state index is -0.0777. The average molecular weight is 260 g/mol. The van der Waals surface area contributed by atoms with E-state index < -0.39 is 0 Å². The molecule has 1 aliphatic heterocycles. The van der Waals surface area contributed by atoms with Crippen LogP contribution in [0.5, 0.6) is 0 Å². The van der Waals surface area contributed by atoms with Gasteiger partial charge >= 0.3 is 6.03 Å². The molecule has 0 spiro atoms. The van der Waals surface area contributed by atoms with Gasteiger partial charge < -0.3 is 15.5 Å². The van der Waals surface area contributed by atoms with Crippen LogP contribution in [0.4, 0.5) is 10.6 Å². The van der Waals surface area contributed by atoms with Crippen LogP contribution >= 0.6 is 0 Å². The number of urea groups is 1. The lowest BCUT2D eigenvalue weighted by Gasteiger charge is -2.16. The molecule has 0 radical (unpaired) electrons. The molecule has 1 saturated carbocycles. The Morgan fingerprint density at radius 2 is 2.11 bits per heavy atom. The fourth-order valence-corrected chi connectivity index (χ4v) is 2.30. The molecular formula is C14H20N4O. The Labute approximate surface area is 113 Å². The minimum Gasteiger partial charge on any atom is -0.357 e. The lowest BCUT2D eigenvalue weighted by Crippen LogP contribution is -2.36. The Morgan fingerprint density at radius 1 is 1.32 bits per heavy atom. The van der Waals surface area contributed by atoms with Gasteiger partial charge in [0.2, 0.25) is 0 Å². The first-order chi connectivity index (χ1) is 9.31. The molecule has 0 bridgehead atoms. The van der Waals surface area contributed by atoms with E-state index in [1.165, 1.54) is 12.8 Å². The highest BCUT2D eigenvalue weighted by Crippen LogP contribution is 2.18. The zero-order valence-electron chi connectivity index (χ0n) is 11.1. The van der Waals surface area contributed by atoms with Crippen LogP contribution in [0.25, 0.3) is 0 Å². The highest BCUT2D eigenvalue weighted by Gasteiger charge is 2.22. The van der Waals surface area contributed by atoms with Crippen molar-refractivity contribution < 1.29 is 4.79 Å². The van der Waals surface area contributed by atoms with Crippen molar-refractivity contribution in [1.82, 2.24) is 15.6 Å². The normalized spacial score (nSPS) is 18.4. The first kappa shape index (κ1) is 12.3. The summed E-state index contributed by atoms with van der Waals surface area (Å²) in [5.74, 6) is 1.05. The predicted molar refractivity (Wildman–Crippen MR) is 74.1 cm³/mol. The van der Waals surface area contributed by atoms with Gasteiger partial charge in [-0.25, -0.2) is 9.78 Å². The molecule has 0 aromatic carbocycles. The van der Waals surface area contributed by atoms with Gasteiger partial charge in [-0.05, 0) is 37.3 Å². The number of nitrogens with one attached hydrogen (secondary N) is 2. The van der Waals surface area contributed by atoms with Crippen LogP contribution in [0.15, 0.2) is 18.3 Å². The lowest BCUT2D eigenvalue weighted by atomic mass is 10.3. The molecular weight excluding hydrogens is 240 g/mol. The Morgan fingerprint density at radius 3 is 2.74 bits per heavy atom. The zero-order valence-corrected chi connectivity index (χ0v) is 11.1. The molecule has 0 unspecified atom stereocenters. The summed E-state index contributed by atoms with van der Waals surface area (Å²) in [7, 11) is 0. The van der Waals surface area contributed by atoms with Gasteiger partial charge in [0, 0.05) is 31.9 Å². The highest BCUT2D eigenvalue weighted by molar-refractivity contribution is 5.74. The van der Waals surface area contributed by atoms with E-state index >= 15 is 0 Å². The zero-order chi connectivity index (χ0) is 13.1. The number of carbonyl (C=O) groups excluding carboxylic acids is 1. The Hall–Kier alpha value is -1.78. The molecule has 5 heteroatoms. The molecule has 1 aromatic rings. The predicted octanol–water partition coefficient (Wildman–Crippen LogP) is 1.64. The smallest absolute Gasteiger partial charge is 0.315 e. The second-order valence-corrected chi connectivity index (χ2v) is 5.32. The highest BCUT2D eigenvalue weighted by atomic mass is 16.2.